The van der Waals surface area contributed by atoms with E-state index in [0.717, 1.165) is 38.3 Å². The number of nitrogens with zero attached hydrogens (tertiary/aromatic N) is 4. The number of hydrazine groups is 1. The molecule has 1 aromatic rings. The van der Waals surface area contributed by atoms with Crippen LogP contribution in [0.3, 0.4) is 0 Å². The molecule has 2 saturated heterocycles. The van der Waals surface area contributed by atoms with E-state index in [2.05, 4.69) is 21.2 Å². The van der Waals surface area contributed by atoms with Gasteiger partial charge in [-0.25, -0.2) is 5.43 Å². The molecule has 1 aromatic heterocycles. The number of hydrogen-bond acceptors (Lipinski definition) is 5. The third kappa shape index (κ3) is 2.67. The first-order chi connectivity index (χ1) is 10.3. The summed E-state index contributed by atoms with van der Waals surface area (Å²) in [4.78, 5) is 14.8. The first-order valence-corrected chi connectivity index (χ1v) is 7.97. The van der Waals surface area contributed by atoms with E-state index in [1.807, 2.05) is 15.8 Å². The SMILES string of the molecule is O=C(C1CC(C2CC2)NN1)N1CCC[C@H]1Cn1ccnn1. The molecule has 2 aliphatic heterocycles. The molecular formula is C14H22N6O. The summed E-state index contributed by atoms with van der Waals surface area (Å²) in [6.07, 6.45) is 9.21. The number of likely N-dealkylation sites (tertiary alicyclic amines) is 1. The molecule has 21 heavy (non-hydrogen) atoms. The molecule has 2 N–H and O–H groups in total. The quantitative estimate of drug-likeness (QED) is 0.811. The number of nitrogens with one attached hydrogen (secondary N) is 2. The number of amides is 1. The maximum Gasteiger partial charge on any atom is 0.241 e. The molecule has 0 spiro atoms. The molecule has 7 heteroatoms. The zero-order chi connectivity index (χ0) is 14.2. The Bertz CT molecular complexity index is 500. The van der Waals surface area contributed by atoms with E-state index >= 15 is 0 Å². The van der Waals surface area contributed by atoms with Crippen LogP contribution in [-0.4, -0.2) is 50.5 Å². The monoisotopic (exact) mass is 290 g/mol. The van der Waals surface area contributed by atoms with Crippen LogP contribution in [0.15, 0.2) is 12.4 Å². The molecule has 3 aliphatic rings. The van der Waals surface area contributed by atoms with Crippen molar-refractivity contribution >= 4 is 5.91 Å². The maximum atomic E-state index is 12.8. The second kappa shape index (κ2) is 5.38. The fourth-order valence-electron chi connectivity index (χ4n) is 3.61. The Kier molecular flexibility index (Phi) is 3.39. The number of rotatable bonds is 4. The highest BCUT2D eigenvalue weighted by Gasteiger charge is 2.41. The Morgan fingerprint density at radius 1 is 1.29 bits per heavy atom. The molecule has 1 saturated carbocycles. The lowest BCUT2D eigenvalue weighted by atomic mass is 10.1. The van der Waals surface area contributed by atoms with Gasteiger partial charge in [-0.05, 0) is 38.0 Å². The molecule has 114 valence electrons. The summed E-state index contributed by atoms with van der Waals surface area (Å²) in [7, 11) is 0. The minimum atomic E-state index is -0.0630. The Hall–Kier alpha value is -1.47. The lowest BCUT2D eigenvalue weighted by Crippen LogP contribution is -2.48. The highest BCUT2D eigenvalue weighted by molar-refractivity contribution is 5.82. The van der Waals surface area contributed by atoms with Crippen LogP contribution in [0, 0.1) is 5.92 Å². The topological polar surface area (TPSA) is 75.1 Å². The molecule has 3 atom stereocenters. The largest absolute Gasteiger partial charge is 0.336 e. The van der Waals surface area contributed by atoms with E-state index in [0.29, 0.717) is 6.04 Å². The van der Waals surface area contributed by atoms with E-state index in [1.54, 1.807) is 6.20 Å². The van der Waals surface area contributed by atoms with Crippen LogP contribution < -0.4 is 10.9 Å². The fraction of sp³-hybridized carbons (Fsp3) is 0.786. The van der Waals surface area contributed by atoms with Gasteiger partial charge in [-0.2, -0.15) is 0 Å². The highest BCUT2D eigenvalue weighted by atomic mass is 16.2. The summed E-state index contributed by atoms with van der Waals surface area (Å²) in [6.45, 7) is 1.61. The summed E-state index contributed by atoms with van der Waals surface area (Å²) in [6, 6.07) is 0.670. The van der Waals surface area contributed by atoms with Crippen molar-refractivity contribution in [1.29, 1.82) is 0 Å². The summed E-state index contributed by atoms with van der Waals surface area (Å²) in [5, 5.41) is 7.85. The number of carbonyl (C=O) groups is 1. The normalized spacial score (nSPS) is 32.8. The van der Waals surface area contributed by atoms with Gasteiger partial charge in [0.25, 0.3) is 0 Å². The van der Waals surface area contributed by atoms with Gasteiger partial charge in [-0.15, -0.1) is 5.10 Å². The van der Waals surface area contributed by atoms with Crippen LogP contribution in [0.25, 0.3) is 0 Å². The molecule has 2 unspecified atom stereocenters. The molecule has 0 bridgehead atoms. The standard InChI is InChI=1S/C14H22N6O/c21-14(13-8-12(16-17-13)10-3-4-10)20-6-1-2-11(20)9-19-7-5-15-18-19/h5,7,10-13,16-17H,1-4,6,8-9H2/t11-,12?,13?/m0/s1. The summed E-state index contributed by atoms with van der Waals surface area (Å²) in [5.41, 5.74) is 6.52. The minimum Gasteiger partial charge on any atom is -0.336 e. The number of aromatic nitrogens is 3. The van der Waals surface area contributed by atoms with Crippen LogP contribution in [0.4, 0.5) is 0 Å². The second-order valence-corrected chi connectivity index (χ2v) is 6.47. The van der Waals surface area contributed by atoms with Crippen LogP contribution in [0.5, 0.6) is 0 Å². The molecule has 1 aliphatic carbocycles. The average molecular weight is 290 g/mol. The Balaban J connectivity index is 1.38. The third-order valence-electron chi connectivity index (χ3n) is 4.95. The molecule has 7 nitrogen and oxygen atoms in total. The van der Waals surface area contributed by atoms with Crippen molar-refractivity contribution < 1.29 is 4.79 Å². The zero-order valence-electron chi connectivity index (χ0n) is 12.1. The molecule has 0 radical (unpaired) electrons. The zero-order valence-corrected chi connectivity index (χ0v) is 12.1. The lowest BCUT2D eigenvalue weighted by Gasteiger charge is -2.27. The summed E-state index contributed by atoms with van der Waals surface area (Å²) in [5.74, 6) is 1.02. The van der Waals surface area contributed by atoms with Crippen LogP contribution >= 0.6 is 0 Å². The van der Waals surface area contributed by atoms with Crippen molar-refractivity contribution in [3.63, 3.8) is 0 Å². The molecule has 1 amide bonds. The Labute approximate surface area is 124 Å². The van der Waals surface area contributed by atoms with Crippen molar-refractivity contribution in [3.05, 3.63) is 12.4 Å². The van der Waals surface area contributed by atoms with Gasteiger partial charge in [-0.1, -0.05) is 5.21 Å². The Morgan fingerprint density at radius 2 is 2.19 bits per heavy atom. The second-order valence-electron chi connectivity index (χ2n) is 6.47. The lowest BCUT2D eigenvalue weighted by molar-refractivity contribution is -0.134. The molecule has 3 heterocycles. The maximum absolute atomic E-state index is 12.8. The number of hydrogen-bond donors (Lipinski definition) is 2. The van der Waals surface area contributed by atoms with Gasteiger partial charge in [0.05, 0.1) is 18.8 Å². The molecular weight excluding hydrogens is 268 g/mol. The van der Waals surface area contributed by atoms with Gasteiger partial charge < -0.3 is 4.90 Å². The van der Waals surface area contributed by atoms with Crippen molar-refractivity contribution in [2.45, 2.75) is 56.8 Å². The van der Waals surface area contributed by atoms with E-state index in [1.165, 1.54) is 12.8 Å². The first kappa shape index (κ1) is 13.2. The van der Waals surface area contributed by atoms with Crippen LogP contribution in [0.1, 0.15) is 32.1 Å². The van der Waals surface area contributed by atoms with Gasteiger partial charge in [0.15, 0.2) is 0 Å². The van der Waals surface area contributed by atoms with Crippen molar-refractivity contribution in [3.8, 4) is 0 Å². The first-order valence-electron chi connectivity index (χ1n) is 7.97. The molecule has 4 rings (SSSR count). The minimum absolute atomic E-state index is 0.0630. The third-order valence-corrected chi connectivity index (χ3v) is 4.95. The van der Waals surface area contributed by atoms with E-state index in [9.17, 15) is 4.79 Å². The van der Waals surface area contributed by atoms with Gasteiger partial charge in [0, 0.05) is 18.8 Å². The fourth-order valence-corrected chi connectivity index (χ4v) is 3.61. The van der Waals surface area contributed by atoms with E-state index in [4.69, 9.17) is 0 Å². The molecule has 0 aromatic carbocycles. The van der Waals surface area contributed by atoms with Gasteiger partial charge in [0.2, 0.25) is 5.91 Å². The van der Waals surface area contributed by atoms with Gasteiger partial charge in [0.1, 0.15) is 6.04 Å². The van der Waals surface area contributed by atoms with Gasteiger partial charge >= 0.3 is 0 Å². The van der Waals surface area contributed by atoms with Crippen molar-refractivity contribution in [2.24, 2.45) is 5.92 Å². The number of carbonyl (C=O) groups excluding carboxylic acids is 1. The van der Waals surface area contributed by atoms with Crippen molar-refractivity contribution in [1.82, 2.24) is 30.7 Å². The van der Waals surface area contributed by atoms with Crippen LogP contribution in [0.2, 0.25) is 0 Å². The predicted molar refractivity (Wildman–Crippen MR) is 75.9 cm³/mol. The van der Waals surface area contributed by atoms with Gasteiger partial charge in [-0.3, -0.25) is 14.9 Å². The van der Waals surface area contributed by atoms with Crippen LogP contribution in [-0.2, 0) is 11.3 Å². The van der Waals surface area contributed by atoms with Crippen molar-refractivity contribution in [2.75, 3.05) is 6.54 Å². The molecule has 3 fully saturated rings. The summed E-state index contributed by atoms with van der Waals surface area (Å²) < 4.78 is 1.82. The smallest absolute Gasteiger partial charge is 0.241 e. The van der Waals surface area contributed by atoms with E-state index < -0.39 is 0 Å². The van der Waals surface area contributed by atoms with E-state index in [-0.39, 0.29) is 18.0 Å². The highest BCUT2D eigenvalue weighted by Crippen LogP contribution is 2.36. The summed E-state index contributed by atoms with van der Waals surface area (Å²) >= 11 is 0. The predicted octanol–water partition coefficient (Wildman–Crippen LogP) is -0.0858. The average Bonchev–Trinajstić information content (AvgIpc) is 2.96. The Morgan fingerprint density at radius 3 is 2.95 bits per heavy atom.